The quantitative estimate of drug-likeness (QED) is 0.762. The minimum Gasteiger partial charge on any atom is -0.345 e. The van der Waals surface area contributed by atoms with Crippen molar-refractivity contribution in [2.45, 2.75) is 26.8 Å². The Bertz CT molecular complexity index is 323. The average Bonchev–Trinajstić information content (AvgIpc) is 2.53. The Morgan fingerprint density at radius 1 is 1.57 bits per heavy atom. The molecule has 1 aromatic rings. The fourth-order valence-corrected chi connectivity index (χ4v) is 1.86. The van der Waals surface area contributed by atoms with E-state index in [2.05, 4.69) is 5.32 Å². The highest BCUT2D eigenvalue weighted by atomic mass is 32.1. The first kappa shape index (κ1) is 11.0. The maximum Gasteiger partial charge on any atom is 0.244 e. The Labute approximate surface area is 88.6 Å². The molecule has 0 aliphatic heterocycles. The first-order chi connectivity index (χ1) is 6.59. The lowest BCUT2D eigenvalue weighted by molar-refractivity contribution is -0.117. The lowest BCUT2D eigenvalue weighted by atomic mass is 10.2. The Morgan fingerprint density at radius 3 is 2.79 bits per heavy atom. The van der Waals surface area contributed by atoms with Gasteiger partial charge in [0.2, 0.25) is 5.91 Å². The highest BCUT2D eigenvalue weighted by molar-refractivity contribution is 7.10. The van der Waals surface area contributed by atoms with Crippen LogP contribution in [0, 0.1) is 0 Å². The second-order valence-electron chi connectivity index (χ2n) is 3.47. The molecule has 3 heteroatoms. The van der Waals surface area contributed by atoms with Crippen molar-refractivity contribution in [2.75, 3.05) is 0 Å². The molecule has 0 unspecified atom stereocenters. The third kappa shape index (κ3) is 3.34. The number of nitrogens with one attached hydrogen (secondary N) is 1. The van der Waals surface area contributed by atoms with Crippen LogP contribution in [-0.4, -0.2) is 5.91 Å². The second-order valence-corrected chi connectivity index (χ2v) is 4.45. The van der Waals surface area contributed by atoms with Crippen LogP contribution >= 0.6 is 11.3 Å². The number of thiophene rings is 1. The molecule has 0 saturated heterocycles. The number of amides is 1. The third-order valence-electron chi connectivity index (χ3n) is 1.75. The van der Waals surface area contributed by atoms with Crippen molar-refractivity contribution in [1.82, 2.24) is 5.32 Å². The van der Waals surface area contributed by atoms with Gasteiger partial charge in [-0.05, 0) is 32.2 Å². The molecule has 1 aromatic heterocycles. The Morgan fingerprint density at radius 2 is 2.29 bits per heavy atom. The fraction of sp³-hybridized carbons (Fsp3) is 0.364. The molecule has 1 amide bonds. The Hall–Kier alpha value is -1.09. The maximum atomic E-state index is 11.4. The van der Waals surface area contributed by atoms with E-state index >= 15 is 0 Å². The van der Waals surface area contributed by atoms with Crippen LogP contribution in [0.2, 0.25) is 0 Å². The smallest absolute Gasteiger partial charge is 0.244 e. The topological polar surface area (TPSA) is 29.1 Å². The Kier molecular flexibility index (Phi) is 3.89. The molecule has 1 rings (SSSR count). The lowest BCUT2D eigenvalue weighted by Crippen LogP contribution is -2.24. The zero-order valence-corrected chi connectivity index (χ0v) is 9.52. The molecule has 0 radical (unpaired) electrons. The van der Waals surface area contributed by atoms with E-state index in [1.807, 2.05) is 38.3 Å². The monoisotopic (exact) mass is 209 g/mol. The summed E-state index contributed by atoms with van der Waals surface area (Å²) in [6.45, 7) is 5.81. The van der Waals surface area contributed by atoms with E-state index in [0.717, 1.165) is 5.57 Å². The van der Waals surface area contributed by atoms with Crippen LogP contribution in [0.1, 0.15) is 31.7 Å². The molecule has 14 heavy (non-hydrogen) atoms. The van der Waals surface area contributed by atoms with Crippen molar-refractivity contribution in [2.24, 2.45) is 0 Å². The third-order valence-corrected chi connectivity index (χ3v) is 2.80. The standard InChI is InChI=1S/C11H15NOS/c1-8(2)7-11(13)12-9(3)10-5-4-6-14-10/h4-7,9H,1-3H3,(H,12,13)/t9-/m0/s1. The van der Waals surface area contributed by atoms with Crippen LogP contribution in [0.3, 0.4) is 0 Å². The zero-order chi connectivity index (χ0) is 10.6. The molecule has 0 bridgehead atoms. The molecular weight excluding hydrogens is 194 g/mol. The molecule has 0 aromatic carbocycles. The SMILES string of the molecule is CC(C)=CC(=O)N[C@@H](C)c1cccs1. The number of carbonyl (C=O) groups is 1. The molecule has 0 aliphatic rings. The van der Waals surface area contributed by atoms with Gasteiger partial charge in [0, 0.05) is 11.0 Å². The summed E-state index contributed by atoms with van der Waals surface area (Å²) in [7, 11) is 0. The summed E-state index contributed by atoms with van der Waals surface area (Å²) in [5, 5.41) is 4.92. The van der Waals surface area contributed by atoms with Crippen LogP contribution in [0.4, 0.5) is 0 Å². The van der Waals surface area contributed by atoms with E-state index in [9.17, 15) is 4.79 Å². The van der Waals surface area contributed by atoms with Gasteiger partial charge in [-0.15, -0.1) is 11.3 Å². The van der Waals surface area contributed by atoms with Gasteiger partial charge in [-0.3, -0.25) is 4.79 Å². The number of rotatable bonds is 3. The van der Waals surface area contributed by atoms with Crippen molar-refractivity contribution < 1.29 is 4.79 Å². The second kappa shape index (κ2) is 4.96. The molecule has 1 heterocycles. The molecule has 76 valence electrons. The molecule has 1 N–H and O–H groups in total. The van der Waals surface area contributed by atoms with Crippen LogP contribution in [0.25, 0.3) is 0 Å². The fourth-order valence-electron chi connectivity index (χ4n) is 1.13. The molecule has 0 aliphatic carbocycles. The van der Waals surface area contributed by atoms with E-state index in [1.54, 1.807) is 17.4 Å². The van der Waals surface area contributed by atoms with Gasteiger partial charge in [0.1, 0.15) is 0 Å². The molecule has 0 spiro atoms. The number of hydrogen-bond acceptors (Lipinski definition) is 2. The van der Waals surface area contributed by atoms with Gasteiger partial charge in [-0.1, -0.05) is 11.6 Å². The molecule has 2 nitrogen and oxygen atoms in total. The highest BCUT2D eigenvalue weighted by Crippen LogP contribution is 2.17. The van der Waals surface area contributed by atoms with Crippen LogP contribution < -0.4 is 5.32 Å². The summed E-state index contributed by atoms with van der Waals surface area (Å²) < 4.78 is 0. The number of hydrogen-bond donors (Lipinski definition) is 1. The predicted octanol–water partition coefficient (Wildman–Crippen LogP) is 2.89. The predicted molar refractivity (Wildman–Crippen MR) is 60.3 cm³/mol. The normalized spacial score (nSPS) is 11.9. The summed E-state index contributed by atoms with van der Waals surface area (Å²) >= 11 is 1.66. The molecule has 0 fully saturated rings. The van der Waals surface area contributed by atoms with Crippen LogP contribution in [0.15, 0.2) is 29.2 Å². The lowest BCUT2D eigenvalue weighted by Gasteiger charge is -2.10. The van der Waals surface area contributed by atoms with Gasteiger partial charge in [0.25, 0.3) is 0 Å². The van der Waals surface area contributed by atoms with Crippen molar-refractivity contribution in [3.63, 3.8) is 0 Å². The summed E-state index contributed by atoms with van der Waals surface area (Å²) in [5.74, 6) is -0.0223. The van der Waals surface area contributed by atoms with Crippen LogP contribution in [-0.2, 0) is 4.79 Å². The highest BCUT2D eigenvalue weighted by Gasteiger charge is 2.07. The van der Waals surface area contributed by atoms with Crippen molar-refractivity contribution in [1.29, 1.82) is 0 Å². The van der Waals surface area contributed by atoms with Gasteiger partial charge in [0.15, 0.2) is 0 Å². The summed E-state index contributed by atoms with van der Waals surface area (Å²) in [6, 6.07) is 4.11. The van der Waals surface area contributed by atoms with Crippen LogP contribution in [0.5, 0.6) is 0 Å². The first-order valence-electron chi connectivity index (χ1n) is 4.58. The van der Waals surface area contributed by atoms with Crippen molar-refractivity contribution in [3.05, 3.63) is 34.0 Å². The molecule has 0 saturated carbocycles. The average molecular weight is 209 g/mol. The largest absolute Gasteiger partial charge is 0.345 e. The minimum absolute atomic E-state index is 0.0223. The van der Waals surface area contributed by atoms with E-state index in [0.29, 0.717) is 0 Å². The maximum absolute atomic E-state index is 11.4. The first-order valence-corrected chi connectivity index (χ1v) is 5.46. The van der Waals surface area contributed by atoms with E-state index in [4.69, 9.17) is 0 Å². The molecular formula is C11H15NOS. The number of carbonyl (C=O) groups excluding carboxylic acids is 1. The van der Waals surface area contributed by atoms with E-state index in [-0.39, 0.29) is 11.9 Å². The summed E-state index contributed by atoms with van der Waals surface area (Å²) in [4.78, 5) is 12.6. The van der Waals surface area contributed by atoms with Crippen molar-refractivity contribution >= 4 is 17.2 Å². The zero-order valence-electron chi connectivity index (χ0n) is 8.70. The molecule has 1 atom stereocenters. The number of allylic oxidation sites excluding steroid dienone is 1. The van der Waals surface area contributed by atoms with Gasteiger partial charge in [0.05, 0.1) is 6.04 Å². The van der Waals surface area contributed by atoms with Gasteiger partial charge >= 0.3 is 0 Å². The van der Waals surface area contributed by atoms with Crippen molar-refractivity contribution in [3.8, 4) is 0 Å². The van der Waals surface area contributed by atoms with Gasteiger partial charge in [-0.2, -0.15) is 0 Å². The van der Waals surface area contributed by atoms with Gasteiger partial charge < -0.3 is 5.32 Å². The van der Waals surface area contributed by atoms with E-state index < -0.39 is 0 Å². The van der Waals surface area contributed by atoms with Gasteiger partial charge in [-0.25, -0.2) is 0 Å². The Balaban J connectivity index is 2.54. The summed E-state index contributed by atoms with van der Waals surface area (Å²) in [5.41, 5.74) is 1.01. The summed E-state index contributed by atoms with van der Waals surface area (Å²) in [6.07, 6.45) is 1.62. The minimum atomic E-state index is -0.0223. The van der Waals surface area contributed by atoms with E-state index in [1.165, 1.54) is 4.88 Å².